The summed E-state index contributed by atoms with van der Waals surface area (Å²) in [6, 6.07) is 16.6. The molecule has 0 radical (unpaired) electrons. The van der Waals surface area contributed by atoms with E-state index in [1.54, 1.807) is 0 Å². The van der Waals surface area contributed by atoms with E-state index in [0.717, 1.165) is 24.3 Å². The second-order valence-corrected chi connectivity index (χ2v) is 6.15. The maximum Gasteiger partial charge on any atom is 0.148 e. The first-order valence-electron chi connectivity index (χ1n) is 9.05. The van der Waals surface area contributed by atoms with Crippen LogP contribution in [0.2, 0.25) is 0 Å². The molecule has 0 aliphatic rings. The highest BCUT2D eigenvalue weighted by molar-refractivity contribution is 5.35. The maximum absolute atomic E-state index is 5.48. The van der Waals surface area contributed by atoms with Crippen molar-refractivity contribution in [3.05, 3.63) is 59.7 Å². The molecule has 0 aliphatic heterocycles. The third kappa shape index (κ3) is 5.08. The van der Waals surface area contributed by atoms with Gasteiger partial charge in [-0.3, -0.25) is 0 Å². The summed E-state index contributed by atoms with van der Waals surface area (Å²) in [6.45, 7) is 5.06. The van der Waals surface area contributed by atoms with Crippen molar-refractivity contribution in [1.29, 1.82) is 0 Å². The van der Waals surface area contributed by atoms with E-state index in [0.29, 0.717) is 25.0 Å². The summed E-state index contributed by atoms with van der Waals surface area (Å²) < 4.78 is 11.0. The lowest BCUT2D eigenvalue weighted by molar-refractivity contribution is 0.369. The van der Waals surface area contributed by atoms with Crippen molar-refractivity contribution >= 4 is 0 Å². The predicted molar refractivity (Wildman–Crippen MR) is 108 cm³/mol. The van der Waals surface area contributed by atoms with Crippen LogP contribution < -0.4 is 9.47 Å². The van der Waals surface area contributed by atoms with Crippen molar-refractivity contribution in [2.24, 2.45) is 0 Å². The summed E-state index contributed by atoms with van der Waals surface area (Å²) in [7, 11) is 0. The van der Waals surface area contributed by atoms with Gasteiger partial charge in [-0.15, -0.1) is 12.8 Å². The number of rotatable bonds is 9. The number of hydrogen-bond donors (Lipinski definition) is 0. The fourth-order valence-corrected chi connectivity index (χ4v) is 3.38. The van der Waals surface area contributed by atoms with Crippen molar-refractivity contribution < 1.29 is 9.47 Å². The molecule has 0 heterocycles. The highest BCUT2D eigenvalue weighted by atomic mass is 16.5. The van der Waals surface area contributed by atoms with Crippen LogP contribution in [0.25, 0.3) is 0 Å². The molecule has 0 amide bonds. The van der Waals surface area contributed by atoms with Crippen molar-refractivity contribution in [2.75, 3.05) is 13.2 Å². The summed E-state index contributed by atoms with van der Waals surface area (Å²) in [4.78, 5) is 0. The first-order chi connectivity index (χ1) is 12.7. The van der Waals surface area contributed by atoms with Gasteiger partial charge in [0.2, 0.25) is 0 Å². The monoisotopic (exact) mass is 346 g/mol. The number of terminal acetylenes is 2. The molecule has 0 fully saturated rings. The zero-order valence-electron chi connectivity index (χ0n) is 15.6. The molecule has 0 aromatic heterocycles. The molecule has 2 atom stereocenters. The molecule has 2 rings (SSSR count). The molecule has 2 aromatic rings. The average Bonchev–Trinajstić information content (AvgIpc) is 2.70. The van der Waals surface area contributed by atoms with Crippen LogP contribution in [0.15, 0.2) is 48.5 Å². The van der Waals surface area contributed by atoms with Crippen LogP contribution in [0.4, 0.5) is 0 Å². The Morgan fingerprint density at radius 2 is 1.04 bits per heavy atom. The molecule has 0 N–H and O–H groups in total. The Morgan fingerprint density at radius 3 is 1.31 bits per heavy atom. The summed E-state index contributed by atoms with van der Waals surface area (Å²) in [5.41, 5.74) is 2.64. The van der Waals surface area contributed by atoms with Gasteiger partial charge in [-0.2, -0.15) is 0 Å². The lowest BCUT2D eigenvalue weighted by atomic mass is 9.78. The lowest BCUT2D eigenvalue weighted by Gasteiger charge is -2.26. The van der Waals surface area contributed by atoms with Crippen molar-refractivity contribution in [2.45, 2.75) is 38.5 Å². The summed E-state index contributed by atoms with van der Waals surface area (Å²) in [5.74, 6) is 7.48. The van der Waals surface area contributed by atoms with Crippen LogP contribution in [0.1, 0.15) is 49.7 Å². The topological polar surface area (TPSA) is 18.5 Å². The Kier molecular flexibility index (Phi) is 7.66. The highest BCUT2D eigenvalue weighted by Gasteiger charge is 2.22. The van der Waals surface area contributed by atoms with Crippen molar-refractivity contribution in [3.63, 3.8) is 0 Å². The standard InChI is InChI=1S/C24H26O2/c1-5-17-25-21-13-9-19(10-14-21)23(7-3)24(8-4)20-11-15-22(16-12-20)26-18-6-2/h1-2,9-16,23-24H,7-8,17-18H2,3-4H3/t23-,24-/m0/s1. The second kappa shape index (κ2) is 10.2. The van der Waals surface area contributed by atoms with Crippen LogP contribution >= 0.6 is 0 Å². The largest absolute Gasteiger partial charge is 0.481 e. The third-order valence-electron chi connectivity index (χ3n) is 4.63. The molecule has 0 saturated carbocycles. The van der Waals surface area contributed by atoms with E-state index in [-0.39, 0.29) is 0 Å². The summed E-state index contributed by atoms with van der Waals surface area (Å²) in [5, 5.41) is 0. The van der Waals surface area contributed by atoms with E-state index in [4.69, 9.17) is 22.3 Å². The van der Waals surface area contributed by atoms with Gasteiger partial charge in [-0.25, -0.2) is 0 Å². The molecular weight excluding hydrogens is 320 g/mol. The first-order valence-corrected chi connectivity index (χ1v) is 9.05. The minimum atomic E-state index is 0.294. The predicted octanol–water partition coefficient (Wildman–Crippen LogP) is 5.40. The minimum absolute atomic E-state index is 0.294. The SMILES string of the molecule is C#CCOc1ccc([C@H](CC)[C@@H](CC)c2ccc(OCC#C)cc2)cc1. The van der Waals surface area contributed by atoms with E-state index >= 15 is 0 Å². The third-order valence-corrected chi connectivity index (χ3v) is 4.63. The van der Waals surface area contributed by atoms with Crippen molar-refractivity contribution in [3.8, 4) is 36.2 Å². The van der Waals surface area contributed by atoms with E-state index in [1.807, 2.05) is 24.3 Å². The molecule has 26 heavy (non-hydrogen) atoms. The van der Waals surface area contributed by atoms with Crippen LogP contribution in [0.5, 0.6) is 11.5 Å². The van der Waals surface area contributed by atoms with Crippen LogP contribution in [-0.2, 0) is 0 Å². The van der Waals surface area contributed by atoms with Gasteiger partial charge in [-0.1, -0.05) is 50.0 Å². The van der Waals surface area contributed by atoms with Gasteiger partial charge in [0.25, 0.3) is 0 Å². The van der Waals surface area contributed by atoms with Crippen molar-refractivity contribution in [1.82, 2.24) is 0 Å². The minimum Gasteiger partial charge on any atom is -0.481 e. The van der Waals surface area contributed by atoms with Gasteiger partial charge < -0.3 is 9.47 Å². The van der Waals surface area contributed by atoms with Crippen LogP contribution in [0, 0.1) is 24.7 Å². The molecule has 134 valence electrons. The quantitative estimate of drug-likeness (QED) is 0.566. The van der Waals surface area contributed by atoms with E-state index in [9.17, 15) is 0 Å². The normalized spacial score (nSPS) is 12.5. The van der Waals surface area contributed by atoms with Gasteiger partial charge in [0.15, 0.2) is 0 Å². The average molecular weight is 346 g/mol. The van der Waals surface area contributed by atoms with Gasteiger partial charge >= 0.3 is 0 Å². The zero-order valence-corrected chi connectivity index (χ0v) is 15.6. The molecular formula is C24H26O2. The Hall–Kier alpha value is -2.84. The summed E-state index contributed by atoms with van der Waals surface area (Å²) in [6.07, 6.45) is 12.6. The molecule has 0 saturated heterocycles. The maximum atomic E-state index is 5.48. The lowest BCUT2D eigenvalue weighted by Crippen LogP contribution is -2.10. The molecule has 2 heteroatoms. The van der Waals surface area contributed by atoms with Gasteiger partial charge in [0.1, 0.15) is 24.7 Å². The number of benzene rings is 2. The van der Waals surface area contributed by atoms with E-state index < -0.39 is 0 Å². The Bertz CT molecular complexity index is 677. The first kappa shape index (κ1) is 19.5. The smallest absolute Gasteiger partial charge is 0.148 e. The molecule has 0 spiro atoms. The fraction of sp³-hybridized carbons (Fsp3) is 0.333. The molecule has 2 aromatic carbocycles. The highest BCUT2D eigenvalue weighted by Crippen LogP contribution is 2.38. The van der Waals surface area contributed by atoms with Gasteiger partial charge in [0, 0.05) is 0 Å². The van der Waals surface area contributed by atoms with E-state index in [2.05, 4.69) is 50.0 Å². The second-order valence-electron chi connectivity index (χ2n) is 6.15. The zero-order chi connectivity index (χ0) is 18.8. The van der Waals surface area contributed by atoms with Gasteiger partial charge in [-0.05, 0) is 60.1 Å². The Labute approximate surface area is 157 Å². The van der Waals surface area contributed by atoms with Gasteiger partial charge in [0.05, 0.1) is 0 Å². The van der Waals surface area contributed by atoms with Crippen LogP contribution in [-0.4, -0.2) is 13.2 Å². The molecule has 0 unspecified atom stereocenters. The molecule has 0 aliphatic carbocycles. The fourth-order valence-electron chi connectivity index (χ4n) is 3.38. The molecule has 2 nitrogen and oxygen atoms in total. The Balaban J connectivity index is 2.17. The Morgan fingerprint density at radius 1 is 0.692 bits per heavy atom. The number of hydrogen-bond acceptors (Lipinski definition) is 2. The summed E-state index contributed by atoms with van der Waals surface area (Å²) >= 11 is 0. The number of ether oxygens (including phenoxy) is 2. The van der Waals surface area contributed by atoms with Crippen LogP contribution in [0.3, 0.4) is 0 Å². The van der Waals surface area contributed by atoms with E-state index in [1.165, 1.54) is 11.1 Å². The molecule has 0 bridgehead atoms.